The van der Waals surface area contributed by atoms with E-state index in [1.807, 2.05) is 6.92 Å². The summed E-state index contributed by atoms with van der Waals surface area (Å²) in [6.45, 7) is 3.10. The van der Waals surface area contributed by atoms with Crippen LogP contribution in [0.1, 0.15) is 12.7 Å². The van der Waals surface area contributed by atoms with E-state index in [9.17, 15) is 14.0 Å². The minimum Gasteiger partial charge on any atom is -0.493 e. The highest BCUT2D eigenvalue weighted by Crippen LogP contribution is 2.29. The molecule has 0 aliphatic rings. The van der Waals surface area contributed by atoms with Crippen LogP contribution in [-0.2, 0) is 11.3 Å². The van der Waals surface area contributed by atoms with E-state index in [1.54, 1.807) is 12.1 Å². The van der Waals surface area contributed by atoms with E-state index in [0.717, 1.165) is 4.90 Å². The standard InChI is InChI=1S/C21H23FN4O4/c1-4-26(12-20(27)23-14-7-5-13(22)6-8-14)11-19-24-16-10-18(30-3)17(29-2)9-15(16)21(28)25-19/h5-10H,4,11-12H2,1-3H3,(H,23,27)(H,24,25,28)/p+1. The molecule has 0 saturated carbocycles. The average Bonchev–Trinajstić information content (AvgIpc) is 2.74. The summed E-state index contributed by atoms with van der Waals surface area (Å²) in [5.41, 5.74) is 0.718. The third-order valence-electron chi connectivity index (χ3n) is 4.72. The molecule has 1 amide bonds. The lowest BCUT2D eigenvalue weighted by Gasteiger charge is -2.17. The number of carbonyl (C=O) groups is 1. The second-order valence-corrected chi connectivity index (χ2v) is 6.75. The highest BCUT2D eigenvalue weighted by Gasteiger charge is 2.17. The van der Waals surface area contributed by atoms with E-state index in [4.69, 9.17) is 9.47 Å². The molecule has 0 bridgehead atoms. The number of quaternary nitrogens is 1. The first-order valence-electron chi connectivity index (χ1n) is 9.47. The summed E-state index contributed by atoms with van der Waals surface area (Å²) in [6, 6.07) is 8.82. The molecule has 3 N–H and O–H groups in total. The third-order valence-corrected chi connectivity index (χ3v) is 4.72. The molecule has 0 fully saturated rings. The van der Waals surface area contributed by atoms with Crippen LogP contribution in [0.5, 0.6) is 11.5 Å². The van der Waals surface area contributed by atoms with Crippen molar-refractivity contribution < 1.29 is 23.6 Å². The third kappa shape index (κ3) is 4.93. The molecular weight excluding hydrogens is 391 g/mol. The van der Waals surface area contributed by atoms with Crippen molar-refractivity contribution in [1.29, 1.82) is 0 Å². The van der Waals surface area contributed by atoms with Crippen LogP contribution in [0.25, 0.3) is 10.9 Å². The van der Waals surface area contributed by atoms with Crippen LogP contribution in [0.3, 0.4) is 0 Å². The Morgan fingerprint density at radius 1 is 1.17 bits per heavy atom. The van der Waals surface area contributed by atoms with Crippen molar-refractivity contribution in [3.05, 3.63) is 58.4 Å². The normalized spacial score (nSPS) is 11.9. The number of anilines is 1. The van der Waals surface area contributed by atoms with Crippen molar-refractivity contribution in [1.82, 2.24) is 9.97 Å². The Hall–Kier alpha value is -3.46. The number of fused-ring (bicyclic) bond motifs is 1. The van der Waals surface area contributed by atoms with E-state index in [2.05, 4.69) is 15.3 Å². The Labute approximate surface area is 172 Å². The van der Waals surface area contributed by atoms with Gasteiger partial charge in [-0.05, 0) is 37.3 Å². The molecule has 1 atom stereocenters. The van der Waals surface area contributed by atoms with Gasteiger partial charge >= 0.3 is 0 Å². The summed E-state index contributed by atoms with van der Waals surface area (Å²) in [6.07, 6.45) is 0. The van der Waals surface area contributed by atoms with Gasteiger partial charge in [0.1, 0.15) is 12.4 Å². The highest BCUT2D eigenvalue weighted by atomic mass is 19.1. The Bertz CT molecular complexity index is 1100. The molecule has 0 radical (unpaired) electrons. The number of halogens is 1. The molecule has 2 aromatic carbocycles. The summed E-state index contributed by atoms with van der Waals surface area (Å²) in [4.78, 5) is 33.1. The Morgan fingerprint density at radius 2 is 1.83 bits per heavy atom. The molecule has 1 unspecified atom stereocenters. The van der Waals surface area contributed by atoms with E-state index in [1.165, 1.54) is 38.5 Å². The zero-order valence-electron chi connectivity index (χ0n) is 17.0. The molecule has 1 heterocycles. The molecule has 3 rings (SSSR count). The van der Waals surface area contributed by atoms with E-state index < -0.39 is 0 Å². The van der Waals surface area contributed by atoms with Crippen molar-refractivity contribution in [2.75, 3.05) is 32.6 Å². The van der Waals surface area contributed by atoms with Gasteiger partial charge in [-0.3, -0.25) is 9.59 Å². The summed E-state index contributed by atoms with van der Waals surface area (Å²) >= 11 is 0. The van der Waals surface area contributed by atoms with Gasteiger partial charge in [-0.15, -0.1) is 0 Å². The molecular formula is C21H24FN4O4+. The van der Waals surface area contributed by atoms with Gasteiger partial charge in [0.05, 0.1) is 31.7 Å². The molecule has 30 heavy (non-hydrogen) atoms. The zero-order chi connectivity index (χ0) is 21.7. The number of carbonyl (C=O) groups excluding carboxylic acids is 1. The molecule has 158 valence electrons. The summed E-state index contributed by atoms with van der Waals surface area (Å²) in [7, 11) is 3.01. The summed E-state index contributed by atoms with van der Waals surface area (Å²) in [5.74, 6) is 0.810. The number of H-pyrrole nitrogens is 1. The second kappa shape index (κ2) is 9.36. The number of methoxy groups -OCH3 is 2. The van der Waals surface area contributed by atoms with E-state index in [0.29, 0.717) is 47.0 Å². The van der Waals surface area contributed by atoms with Crippen LogP contribution >= 0.6 is 0 Å². The molecule has 8 nitrogen and oxygen atoms in total. The molecule has 3 aromatic rings. The largest absolute Gasteiger partial charge is 0.493 e. The number of aromatic amines is 1. The van der Waals surface area contributed by atoms with Crippen LogP contribution in [0, 0.1) is 5.82 Å². The number of nitrogens with one attached hydrogen (secondary N) is 3. The Kier molecular flexibility index (Phi) is 6.63. The number of benzene rings is 2. The molecule has 1 aromatic heterocycles. The maximum absolute atomic E-state index is 13.0. The van der Waals surface area contributed by atoms with E-state index >= 15 is 0 Å². The summed E-state index contributed by atoms with van der Waals surface area (Å²) in [5, 5.41) is 3.13. The van der Waals surface area contributed by atoms with Gasteiger partial charge in [-0.25, -0.2) is 9.37 Å². The van der Waals surface area contributed by atoms with Crippen molar-refractivity contribution in [2.24, 2.45) is 0 Å². The fourth-order valence-corrected chi connectivity index (χ4v) is 3.11. The lowest BCUT2D eigenvalue weighted by atomic mass is 10.2. The number of amides is 1. The quantitative estimate of drug-likeness (QED) is 0.512. The van der Waals surface area contributed by atoms with Crippen LogP contribution in [0.2, 0.25) is 0 Å². The first kappa shape index (κ1) is 21.3. The van der Waals surface area contributed by atoms with E-state index in [-0.39, 0.29) is 23.8 Å². The minimum absolute atomic E-state index is 0.168. The maximum Gasteiger partial charge on any atom is 0.279 e. The van der Waals surface area contributed by atoms with Crippen LogP contribution in [0.4, 0.5) is 10.1 Å². The van der Waals surface area contributed by atoms with Gasteiger partial charge < -0.3 is 24.7 Å². The molecule has 0 aliphatic carbocycles. The van der Waals surface area contributed by atoms with Crippen molar-refractivity contribution >= 4 is 22.5 Å². The number of likely N-dealkylation sites (N-methyl/N-ethyl adjacent to an activating group) is 1. The first-order valence-corrected chi connectivity index (χ1v) is 9.47. The number of hydrogen-bond acceptors (Lipinski definition) is 5. The van der Waals surface area contributed by atoms with Gasteiger partial charge in [0.25, 0.3) is 11.5 Å². The van der Waals surface area contributed by atoms with Crippen molar-refractivity contribution in [3.8, 4) is 11.5 Å². The highest BCUT2D eigenvalue weighted by molar-refractivity contribution is 5.91. The first-order chi connectivity index (χ1) is 14.4. The lowest BCUT2D eigenvalue weighted by molar-refractivity contribution is -0.904. The predicted octanol–water partition coefficient (Wildman–Crippen LogP) is 1.12. The second-order valence-electron chi connectivity index (χ2n) is 6.75. The molecule has 0 spiro atoms. The fourth-order valence-electron chi connectivity index (χ4n) is 3.11. The SMILES string of the molecule is CC[NH+](CC(=O)Nc1ccc(F)cc1)Cc1nc2cc(OC)c(OC)cc2c(=O)[nH]1. The zero-order valence-corrected chi connectivity index (χ0v) is 17.0. The van der Waals surface area contributed by atoms with Crippen LogP contribution in [0.15, 0.2) is 41.2 Å². The molecule has 0 aliphatic heterocycles. The molecule has 9 heteroatoms. The monoisotopic (exact) mass is 415 g/mol. The minimum atomic E-state index is -0.366. The van der Waals surface area contributed by atoms with Crippen LogP contribution in [-0.4, -0.2) is 43.2 Å². The average molecular weight is 415 g/mol. The number of aromatic nitrogens is 2. The number of hydrogen-bond donors (Lipinski definition) is 3. The summed E-state index contributed by atoms with van der Waals surface area (Å²) < 4.78 is 23.5. The fraction of sp³-hybridized carbons (Fsp3) is 0.286. The van der Waals surface area contributed by atoms with Crippen LogP contribution < -0.4 is 25.2 Å². The van der Waals surface area contributed by atoms with Gasteiger partial charge in [-0.1, -0.05) is 0 Å². The Balaban J connectivity index is 1.76. The smallest absolute Gasteiger partial charge is 0.279 e. The van der Waals surface area contributed by atoms with Crippen molar-refractivity contribution in [3.63, 3.8) is 0 Å². The maximum atomic E-state index is 13.0. The van der Waals surface area contributed by atoms with Gasteiger partial charge in [0.2, 0.25) is 0 Å². The van der Waals surface area contributed by atoms with Gasteiger partial charge in [0.15, 0.2) is 23.9 Å². The topological polar surface area (TPSA) is 97.8 Å². The molecule has 0 saturated heterocycles. The lowest BCUT2D eigenvalue weighted by Crippen LogP contribution is -3.11. The Morgan fingerprint density at radius 3 is 2.47 bits per heavy atom. The van der Waals surface area contributed by atoms with Crippen molar-refractivity contribution in [2.45, 2.75) is 13.5 Å². The predicted molar refractivity (Wildman–Crippen MR) is 111 cm³/mol. The number of ether oxygens (including phenoxy) is 2. The number of rotatable bonds is 8. The number of nitrogens with zero attached hydrogens (tertiary/aromatic N) is 1. The van der Waals surface area contributed by atoms with Gasteiger partial charge in [-0.2, -0.15) is 0 Å². The van der Waals surface area contributed by atoms with Gasteiger partial charge in [0, 0.05) is 11.8 Å².